The smallest absolute Gasteiger partial charge is 0.277 e. The Morgan fingerprint density at radius 1 is 0.900 bits per heavy atom. The van der Waals surface area contributed by atoms with Crippen molar-refractivity contribution >= 4 is 29.0 Å². The summed E-state index contributed by atoms with van der Waals surface area (Å²) in [5.74, 6) is 0.302. The van der Waals surface area contributed by atoms with Gasteiger partial charge in [0.15, 0.2) is 0 Å². The van der Waals surface area contributed by atoms with Crippen molar-refractivity contribution in [1.82, 2.24) is 9.80 Å². The number of benzene rings is 2. The molecule has 0 aliphatic carbocycles. The van der Waals surface area contributed by atoms with Crippen molar-refractivity contribution in [3.63, 3.8) is 0 Å². The highest BCUT2D eigenvalue weighted by atomic mass is 35.5. The SMILES string of the molecule is COc1ccc(C2=C(N3CCCCC3)C(=O)N(CCc3ccc(Cl)cc3)C2=O)cc1. The molecular formula is C24H25ClN2O3. The number of methoxy groups -OCH3 is 1. The lowest BCUT2D eigenvalue weighted by Gasteiger charge is -2.29. The summed E-state index contributed by atoms with van der Waals surface area (Å²) in [4.78, 5) is 30.2. The second-order valence-electron chi connectivity index (χ2n) is 7.64. The Hall–Kier alpha value is -2.79. The van der Waals surface area contributed by atoms with Crippen molar-refractivity contribution in [2.24, 2.45) is 0 Å². The fraction of sp³-hybridized carbons (Fsp3) is 0.333. The summed E-state index contributed by atoms with van der Waals surface area (Å²) in [6.07, 6.45) is 3.82. The predicted octanol–water partition coefficient (Wildman–Crippen LogP) is 4.16. The number of imide groups is 1. The van der Waals surface area contributed by atoms with Crippen LogP contribution >= 0.6 is 11.6 Å². The van der Waals surface area contributed by atoms with E-state index in [-0.39, 0.29) is 11.8 Å². The standard InChI is InChI=1S/C24H25ClN2O3/c1-30-20-11-7-18(8-12-20)21-22(26-14-3-2-4-15-26)24(29)27(23(21)28)16-13-17-5-9-19(25)10-6-17/h5-12H,2-4,13-16H2,1H3. The molecule has 1 saturated heterocycles. The number of hydrogen-bond acceptors (Lipinski definition) is 4. The lowest BCUT2D eigenvalue weighted by molar-refractivity contribution is -0.137. The summed E-state index contributed by atoms with van der Waals surface area (Å²) in [6, 6.07) is 14.9. The molecule has 2 aromatic carbocycles. The van der Waals surface area contributed by atoms with Crippen LogP contribution in [0.15, 0.2) is 54.2 Å². The van der Waals surface area contributed by atoms with Gasteiger partial charge in [-0.3, -0.25) is 14.5 Å². The Labute approximate surface area is 181 Å². The third kappa shape index (κ3) is 4.08. The van der Waals surface area contributed by atoms with Gasteiger partial charge in [-0.1, -0.05) is 35.9 Å². The molecule has 0 saturated carbocycles. The quantitative estimate of drug-likeness (QED) is 0.653. The minimum Gasteiger partial charge on any atom is -0.497 e. The van der Waals surface area contributed by atoms with Crippen molar-refractivity contribution in [2.45, 2.75) is 25.7 Å². The summed E-state index contributed by atoms with van der Waals surface area (Å²) in [6.45, 7) is 1.95. The number of hydrogen-bond donors (Lipinski definition) is 0. The molecule has 0 spiro atoms. The first-order valence-corrected chi connectivity index (χ1v) is 10.7. The van der Waals surface area contributed by atoms with Crippen molar-refractivity contribution in [3.8, 4) is 5.75 Å². The Bertz CT molecular complexity index is 961. The molecule has 2 heterocycles. The van der Waals surface area contributed by atoms with Gasteiger partial charge in [0.05, 0.1) is 12.7 Å². The third-order valence-electron chi connectivity index (χ3n) is 5.73. The molecule has 0 radical (unpaired) electrons. The fourth-order valence-corrected chi connectivity index (χ4v) is 4.21. The summed E-state index contributed by atoms with van der Waals surface area (Å²) >= 11 is 5.96. The lowest BCUT2D eigenvalue weighted by Crippen LogP contribution is -2.38. The zero-order valence-corrected chi connectivity index (χ0v) is 17.8. The van der Waals surface area contributed by atoms with E-state index < -0.39 is 0 Å². The van der Waals surface area contributed by atoms with Crippen LogP contribution < -0.4 is 4.74 Å². The van der Waals surface area contributed by atoms with Crippen LogP contribution in [0.5, 0.6) is 5.75 Å². The number of piperidine rings is 1. The van der Waals surface area contributed by atoms with Gasteiger partial charge in [0.2, 0.25) is 0 Å². The summed E-state index contributed by atoms with van der Waals surface area (Å²) in [7, 11) is 1.61. The van der Waals surface area contributed by atoms with Gasteiger partial charge in [-0.15, -0.1) is 0 Å². The van der Waals surface area contributed by atoms with Crippen molar-refractivity contribution in [2.75, 3.05) is 26.7 Å². The number of halogens is 1. The van der Waals surface area contributed by atoms with Gasteiger partial charge < -0.3 is 9.64 Å². The number of amides is 2. The molecule has 1 fully saturated rings. The van der Waals surface area contributed by atoms with E-state index in [2.05, 4.69) is 4.90 Å². The minimum atomic E-state index is -0.222. The van der Waals surface area contributed by atoms with E-state index in [1.165, 1.54) is 4.90 Å². The highest BCUT2D eigenvalue weighted by Gasteiger charge is 2.41. The monoisotopic (exact) mass is 424 g/mol. The highest BCUT2D eigenvalue weighted by Crippen LogP contribution is 2.34. The second kappa shape index (κ2) is 8.92. The van der Waals surface area contributed by atoms with Gasteiger partial charge in [-0.2, -0.15) is 0 Å². The van der Waals surface area contributed by atoms with E-state index in [0.717, 1.165) is 49.2 Å². The van der Waals surface area contributed by atoms with Crippen LogP contribution in [0, 0.1) is 0 Å². The molecule has 2 aliphatic heterocycles. The average Bonchev–Trinajstić information content (AvgIpc) is 3.03. The van der Waals surface area contributed by atoms with Crippen LogP contribution in [0.3, 0.4) is 0 Å². The Balaban J connectivity index is 1.63. The molecule has 156 valence electrons. The molecule has 0 bridgehead atoms. The zero-order valence-electron chi connectivity index (χ0n) is 17.1. The van der Waals surface area contributed by atoms with Gasteiger partial charge in [0.25, 0.3) is 11.8 Å². The number of nitrogens with zero attached hydrogens (tertiary/aromatic N) is 2. The first-order valence-electron chi connectivity index (χ1n) is 10.3. The maximum atomic E-state index is 13.4. The van der Waals surface area contributed by atoms with Gasteiger partial charge in [-0.25, -0.2) is 0 Å². The summed E-state index contributed by atoms with van der Waals surface area (Å²) < 4.78 is 5.24. The summed E-state index contributed by atoms with van der Waals surface area (Å²) in [5, 5.41) is 0.669. The topological polar surface area (TPSA) is 49.9 Å². The fourth-order valence-electron chi connectivity index (χ4n) is 4.09. The maximum Gasteiger partial charge on any atom is 0.277 e. The van der Waals surface area contributed by atoms with Crippen LogP contribution in [0.2, 0.25) is 5.02 Å². The van der Waals surface area contributed by atoms with E-state index in [1.54, 1.807) is 7.11 Å². The summed E-state index contributed by atoms with van der Waals surface area (Å²) in [5.41, 5.74) is 2.84. The van der Waals surface area contributed by atoms with E-state index in [4.69, 9.17) is 16.3 Å². The van der Waals surface area contributed by atoms with Crippen LogP contribution in [0.25, 0.3) is 5.57 Å². The van der Waals surface area contributed by atoms with Crippen LogP contribution in [-0.2, 0) is 16.0 Å². The first kappa shape index (κ1) is 20.5. The van der Waals surface area contributed by atoms with Gasteiger partial charge in [0, 0.05) is 24.7 Å². The lowest BCUT2D eigenvalue weighted by atomic mass is 10.0. The van der Waals surface area contributed by atoms with E-state index in [1.807, 2.05) is 48.5 Å². The molecule has 2 aromatic rings. The normalized spacial score (nSPS) is 17.1. The zero-order chi connectivity index (χ0) is 21.1. The Kier molecular flexibility index (Phi) is 6.09. The van der Waals surface area contributed by atoms with Gasteiger partial charge >= 0.3 is 0 Å². The van der Waals surface area contributed by atoms with Crippen LogP contribution in [0.1, 0.15) is 30.4 Å². The highest BCUT2D eigenvalue weighted by molar-refractivity contribution is 6.35. The Morgan fingerprint density at radius 3 is 2.20 bits per heavy atom. The molecule has 2 amide bonds. The molecule has 6 heteroatoms. The van der Waals surface area contributed by atoms with E-state index in [9.17, 15) is 9.59 Å². The van der Waals surface area contributed by atoms with Crippen molar-refractivity contribution < 1.29 is 14.3 Å². The molecule has 0 aromatic heterocycles. The van der Waals surface area contributed by atoms with Gasteiger partial charge in [0.1, 0.15) is 11.4 Å². The molecule has 0 N–H and O–H groups in total. The second-order valence-corrected chi connectivity index (χ2v) is 8.07. The van der Waals surface area contributed by atoms with Crippen LogP contribution in [0.4, 0.5) is 0 Å². The molecule has 2 aliphatic rings. The number of carbonyl (C=O) groups excluding carboxylic acids is 2. The molecule has 4 rings (SSSR count). The minimum absolute atomic E-state index is 0.193. The number of likely N-dealkylation sites (tertiary alicyclic amines) is 1. The van der Waals surface area contributed by atoms with E-state index >= 15 is 0 Å². The predicted molar refractivity (Wildman–Crippen MR) is 117 cm³/mol. The molecular weight excluding hydrogens is 400 g/mol. The van der Waals surface area contributed by atoms with Gasteiger partial charge in [-0.05, 0) is 61.1 Å². The third-order valence-corrected chi connectivity index (χ3v) is 5.98. The number of rotatable bonds is 6. The van der Waals surface area contributed by atoms with E-state index in [0.29, 0.717) is 29.3 Å². The van der Waals surface area contributed by atoms with Crippen LogP contribution in [-0.4, -0.2) is 48.4 Å². The average molecular weight is 425 g/mol. The maximum absolute atomic E-state index is 13.4. The number of carbonyl (C=O) groups is 2. The molecule has 30 heavy (non-hydrogen) atoms. The molecule has 0 unspecified atom stereocenters. The largest absolute Gasteiger partial charge is 0.497 e. The van der Waals surface area contributed by atoms with Crippen molar-refractivity contribution in [3.05, 3.63) is 70.4 Å². The molecule has 5 nitrogen and oxygen atoms in total. The van der Waals surface area contributed by atoms with Crippen molar-refractivity contribution in [1.29, 1.82) is 0 Å². The Morgan fingerprint density at radius 2 is 1.57 bits per heavy atom. The molecule has 0 atom stereocenters. The number of ether oxygens (including phenoxy) is 1. The first-order chi connectivity index (χ1) is 14.6.